The van der Waals surface area contributed by atoms with E-state index in [-0.39, 0.29) is 18.4 Å². The molecule has 1 saturated heterocycles. The molecule has 0 bridgehead atoms. The molecule has 1 aliphatic heterocycles. The maximum atomic E-state index is 11.0. The van der Waals surface area contributed by atoms with Crippen LogP contribution in [0.1, 0.15) is 26.2 Å². The van der Waals surface area contributed by atoms with Gasteiger partial charge in [-0.3, -0.25) is 10.1 Å². The second-order valence-corrected chi connectivity index (χ2v) is 5.20. The van der Waals surface area contributed by atoms with Crippen molar-refractivity contribution in [1.82, 2.24) is 10.6 Å². The average Bonchev–Trinajstić information content (AvgIpc) is 2.46. The number of unbranched alkanes of at least 4 members (excludes halogenated alkanes) is 1. The zero-order valence-electron chi connectivity index (χ0n) is 12.1. The summed E-state index contributed by atoms with van der Waals surface area (Å²) in [7, 11) is 1.61. The lowest BCUT2D eigenvalue weighted by Gasteiger charge is -2.41. The van der Waals surface area contributed by atoms with Gasteiger partial charge in [-0.1, -0.05) is 6.92 Å². The van der Waals surface area contributed by atoms with Crippen LogP contribution in [0, 0.1) is 5.92 Å². The summed E-state index contributed by atoms with van der Waals surface area (Å²) in [5.74, 6) is -0.252. The first-order chi connectivity index (χ1) is 9.51. The molecule has 0 spiro atoms. The first kappa shape index (κ1) is 17.3. The molecule has 1 fully saturated rings. The summed E-state index contributed by atoms with van der Waals surface area (Å²) in [5.41, 5.74) is 0. The zero-order valence-corrected chi connectivity index (χ0v) is 12.1. The Balaban J connectivity index is 2.30. The van der Waals surface area contributed by atoms with Gasteiger partial charge in [-0.2, -0.15) is 0 Å². The highest BCUT2D eigenvalue weighted by Gasteiger charge is 2.41. The van der Waals surface area contributed by atoms with Crippen LogP contribution < -0.4 is 10.6 Å². The number of hydrogen-bond acceptors (Lipinski definition) is 6. The van der Waals surface area contributed by atoms with Crippen LogP contribution in [0.2, 0.25) is 0 Å². The number of aliphatic hydroxyl groups excluding tert-OH is 3. The first-order valence-corrected chi connectivity index (χ1v) is 7.07. The maximum Gasteiger partial charge on any atom is 0.219 e. The highest BCUT2D eigenvalue weighted by molar-refractivity contribution is 5.75. The second kappa shape index (κ2) is 8.53. The van der Waals surface area contributed by atoms with E-state index in [1.54, 1.807) is 14.0 Å². The minimum absolute atomic E-state index is 0.0196. The van der Waals surface area contributed by atoms with Gasteiger partial charge in [-0.15, -0.1) is 0 Å². The molecule has 0 radical (unpaired) electrons. The van der Waals surface area contributed by atoms with E-state index in [0.29, 0.717) is 13.0 Å². The molecule has 1 amide bonds. The summed E-state index contributed by atoms with van der Waals surface area (Å²) in [6.45, 7) is 2.09. The van der Waals surface area contributed by atoms with Crippen LogP contribution in [0.5, 0.6) is 0 Å². The van der Waals surface area contributed by atoms with E-state index in [1.807, 2.05) is 0 Å². The van der Waals surface area contributed by atoms with Gasteiger partial charge >= 0.3 is 0 Å². The summed E-state index contributed by atoms with van der Waals surface area (Å²) in [5, 5.41) is 34.4. The molecule has 0 aromatic heterocycles. The summed E-state index contributed by atoms with van der Waals surface area (Å²) < 4.78 is 5.53. The molecule has 118 valence electrons. The average molecular weight is 290 g/mol. The lowest BCUT2D eigenvalue weighted by Crippen LogP contribution is -2.58. The molecule has 5 N–H and O–H groups in total. The summed E-state index contributed by atoms with van der Waals surface area (Å²) in [6.07, 6.45) is -1.12. The van der Waals surface area contributed by atoms with Gasteiger partial charge in [0.05, 0.1) is 12.7 Å². The fourth-order valence-electron chi connectivity index (χ4n) is 2.27. The highest BCUT2D eigenvalue weighted by atomic mass is 16.5. The summed E-state index contributed by atoms with van der Waals surface area (Å²) in [4.78, 5) is 11.0. The van der Waals surface area contributed by atoms with Crippen molar-refractivity contribution in [2.45, 2.75) is 50.7 Å². The van der Waals surface area contributed by atoms with Crippen molar-refractivity contribution in [3.63, 3.8) is 0 Å². The van der Waals surface area contributed by atoms with E-state index in [1.165, 1.54) is 0 Å². The van der Waals surface area contributed by atoms with Crippen molar-refractivity contribution >= 4 is 5.91 Å². The van der Waals surface area contributed by atoms with Crippen molar-refractivity contribution in [3.8, 4) is 0 Å². The maximum absolute atomic E-state index is 11.0. The molecule has 1 rings (SSSR count). The largest absolute Gasteiger partial charge is 0.394 e. The smallest absolute Gasteiger partial charge is 0.219 e. The molecule has 0 aromatic carbocycles. The number of amides is 1. The molecule has 1 heterocycles. The Hall–Kier alpha value is -0.730. The van der Waals surface area contributed by atoms with Crippen molar-refractivity contribution in [2.75, 3.05) is 20.2 Å². The standard InChI is InChI=1S/C13H26N2O5/c1-8-11(18)12(19)9(7-16)20-13(8)15-6-4-3-5-10(17)14-2/h8-9,11-13,15-16,18-19H,3-7H2,1-2H3,(H,14,17). The molecule has 0 aromatic rings. The molecule has 7 nitrogen and oxygen atoms in total. The van der Waals surface area contributed by atoms with Crippen LogP contribution in [0.3, 0.4) is 0 Å². The number of carbonyl (C=O) groups is 1. The Morgan fingerprint density at radius 3 is 2.55 bits per heavy atom. The van der Waals surface area contributed by atoms with Gasteiger partial charge in [0.15, 0.2) is 0 Å². The third-order valence-corrected chi connectivity index (χ3v) is 3.70. The van der Waals surface area contributed by atoms with Crippen molar-refractivity contribution < 1.29 is 24.9 Å². The topological polar surface area (TPSA) is 111 Å². The normalized spacial score (nSPS) is 34.0. The molecule has 5 atom stereocenters. The third kappa shape index (κ3) is 4.68. The number of ether oxygens (including phenoxy) is 1. The van der Waals surface area contributed by atoms with Gasteiger partial charge in [0.2, 0.25) is 5.91 Å². The molecular formula is C13H26N2O5. The van der Waals surface area contributed by atoms with Crippen LogP contribution in [0.15, 0.2) is 0 Å². The minimum Gasteiger partial charge on any atom is -0.394 e. The Bertz CT molecular complexity index is 300. The fourth-order valence-corrected chi connectivity index (χ4v) is 2.27. The van der Waals surface area contributed by atoms with Crippen molar-refractivity contribution in [1.29, 1.82) is 0 Å². The summed E-state index contributed by atoms with van der Waals surface area (Å²) >= 11 is 0. The van der Waals surface area contributed by atoms with Gasteiger partial charge in [0.25, 0.3) is 0 Å². The lowest BCUT2D eigenvalue weighted by molar-refractivity contribution is -0.212. The Morgan fingerprint density at radius 1 is 1.25 bits per heavy atom. The second-order valence-electron chi connectivity index (χ2n) is 5.20. The quantitative estimate of drug-likeness (QED) is 0.368. The van der Waals surface area contributed by atoms with Crippen LogP contribution in [-0.2, 0) is 9.53 Å². The molecule has 5 unspecified atom stereocenters. The number of aliphatic hydroxyl groups is 3. The molecule has 0 saturated carbocycles. The van der Waals surface area contributed by atoms with Gasteiger partial charge in [0, 0.05) is 19.4 Å². The fraction of sp³-hybridized carbons (Fsp3) is 0.923. The predicted octanol–water partition coefficient (Wildman–Crippen LogP) is -1.43. The van der Waals surface area contributed by atoms with Crippen LogP contribution >= 0.6 is 0 Å². The zero-order chi connectivity index (χ0) is 15.1. The van der Waals surface area contributed by atoms with Gasteiger partial charge in [-0.05, 0) is 19.4 Å². The molecule has 0 aliphatic carbocycles. The van der Waals surface area contributed by atoms with E-state index >= 15 is 0 Å². The van der Waals surface area contributed by atoms with Gasteiger partial charge < -0.3 is 25.4 Å². The lowest BCUT2D eigenvalue weighted by atomic mass is 9.91. The first-order valence-electron chi connectivity index (χ1n) is 7.07. The van der Waals surface area contributed by atoms with E-state index in [2.05, 4.69) is 10.6 Å². The van der Waals surface area contributed by atoms with Gasteiger partial charge in [0.1, 0.15) is 18.4 Å². The van der Waals surface area contributed by atoms with Gasteiger partial charge in [-0.25, -0.2) is 0 Å². The number of hydrogen-bond donors (Lipinski definition) is 5. The third-order valence-electron chi connectivity index (χ3n) is 3.70. The Labute approximate surface area is 119 Å². The van der Waals surface area contributed by atoms with Crippen molar-refractivity contribution in [3.05, 3.63) is 0 Å². The van der Waals surface area contributed by atoms with Crippen LogP contribution in [0.25, 0.3) is 0 Å². The molecular weight excluding hydrogens is 264 g/mol. The Morgan fingerprint density at radius 2 is 1.95 bits per heavy atom. The van der Waals surface area contributed by atoms with E-state index in [0.717, 1.165) is 12.8 Å². The minimum atomic E-state index is -1.07. The molecule has 20 heavy (non-hydrogen) atoms. The number of rotatable bonds is 7. The number of nitrogens with one attached hydrogen (secondary N) is 2. The summed E-state index contributed by atoms with van der Waals surface area (Å²) in [6, 6.07) is 0. The van der Waals surface area contributed by atoms with E-state index in [4.69, 9.17) is 9.84 Å². The van der Waals surface area contributed by atoms with E-state index < -0.39 is 24.5 Å². The monoisotopic (exact) mass is 290 g/mol. The van der Waals surface area contributed by atoms with Crippen molar-refractivity contribution in [2.24, 2.45) is 5.92 Å². The molecule has 7 heteroatoms. The van der Waals surface area contributed by atoms with E-state index in [9.17, 15) is 15.0 Å². The highest BCUT2D eigenvalue weighted by Crippen LogP contribution is 2.24. The molecule has 1 aliphatic rings. The predicted molar refractivity (Wildman–Crippen MR) is 72.8 cm³/mol. The number of carbonyl (C=O) groups excluding carboxylic acids is 1. The SMILES string of the molecule is CNC(=O)CCCCNC1OC(CO)C(O)C(O)C1C. The van der Waals surface area contributed by atoms with Crippen LogP contribution in [-0.4, -0.2) is 66.0 Å². The van der Waals surface area contributed by atoms with Crippen LogP contribution in [0.4, 0.5) is 0 Å². The Kier molecular flexibility index (Phi) is 7.39.